The van der Waals surface area contributed by atoms with Gasteiger partial charge in [0.05, 0.1) is 0 Å². The predicted molar refractivity (Wildman–Crippen MR) is 114 cm³/mol. The van der Waals surface area contributed by atoms with Crippen molar-refractivity contribution in [1.29, 1.82) is 0 Å². The summed E-state index contributed by atoms with van der Waals surface area (Å²) in [4.78, 5) is 28.9. The van der Waals surface area contributed by atoms with Crippen LogP contribution >= 0.6 is 0 Å². The number of benzene rings is 2. The topological polar surface area (TPSA) is 78.7 Å². The number of urea groups is 1. The molecule has 0 aliphatic carbocycles. The molecular formula is C23H28N4O2. The Labute approximate surface area is 171 Å². The number of nitrogens with one attached hydrogen (secondary N) is 1. The molecule has 0 radical (unpaired) electrons. The van der Waals surface area contributed by atoms with E-state index in [0.29, 0.717) is 19.5 Å². The number of nitrogens with two attached hydrogens (primary N) is 1. The lowest BCUT2D eigenvalue weighted by Crippen LogP contribution is -2.55. The summed E-state index contributed by atoms with van der Waals surface area (Å²) < 4.78 is 0. The van der Waals surface area contributed by atoms with Gasteiger partial charge in [-0.15, -0.1) is 0 Å². The molecule has 2 aliphatic heterocycles. The maximum Gasteiger partial charge on any atom is 0.312 e. The highest BCUT2D eigenvalue weighted by Gasteiger charge is 2.44. The van der Waals surface area contributed by atoms with Gasteiger partial charge in [-0.25, -0.2) is 4.79 Å². The summed E-state index contributed by atoms with van der Waals surface area (Å²) in [5, 5.41) is 2.65. The van der Waals surface area contributed by atoms with E-state index in [1.807, 2.05) is 35.2 Å². The molecule has 3 N–H and O–H groups in total. The number of likely N-dealkylation sites (tertiary alicyclic amines) is 1. The summed E-state index contributed by atoms with van der Waals surface area (Å²) in [6, 6.07) is 17.0. The van der Waals surface area contributed by atoms with Crippen LogP contribution in [0, 0.1) is 0 Å². The van der Waals surface area contributed by atoms with Gasteiger partial charge in [0.25, 0.3) is 0 Å². The lowest BCUT2D eigenvalue weighted by molar-refractivity contribution is -0.134. The number of rotatable bonds is 4. The highest BCUT2D eigenvalue weighted by molar-refractivity contribution is 5.87. The summed E-state index contributed by atoms with van der Waals surface area (Å²) in [5.74, 6) is -0.0536. The number of fused-ring (bicyclic) bond motifs is 2. The number of anilines is 1. The minimum atomic E-state index is -0.667. The van der Waals surface area contributed by atoms with Crippen molar-refractivity contribution in [2.75, 3.05) is 31.6 Å². The van der Waals surface area contributed by atoms with Crippen LogP contribution in [0.25, 0.3) is 0 Å². The minimum Gasteiger partial charge on any atom is -0.373 e. The number of primary amides is 1. The van der Waals surface area contributed by atoms with Crippen LogP contribution < -0.4 is 16.0 Å². The maximum absolute atomic E-state index is 13.2. The lowest BCUT2D eigenvalue weighted by atomic mass is 9.74. The number of carbonyl (C=O) groups is 2. The quantitative estimate of drug-likeness (QED) is 0.838. The number of piperidine rings is 1. The molecule has 3 amide bonds. The zero-order valence-electron chi connectivity index (χ0n) is 16.8. The molecule has 1 spiro atoms. The van der Waals surface area contributed by atoms with Crippen molar-refractivity contribution in [3.05, 3.63) is 65.7 Å². The first-order chi connectivity index (χ1) is 14.0. The smallest absolute Gasteiger partial charge is 0.312 e. The fourth-order valence-electron chi connectivity index (χ4n) is 4.90. The van der Waals surface area contributed by atoms with Crippen molar-refractivity contribution in [2.24, 2.45) is 5.73 Å². The van der Waals surface area contributed by atoms with Crippen LogP contribution in [-0.4, -0.2) is 49.6 Å². The Bertz CT molecular complexity index is 891. The van der Waals surface area contributed by atoms with Gasteiger partial charge >= 0.3 is 6.03 Å². The Balaban J connectivity index is 1.47. The molecule has 6 heteroatoms. The fourth-order valence-corrected chi connectivity index (χ4v) is 4.90. The molecule has 0 aromatic heterocycles. The third kappa shape index (κ3) is 3.79. The van der Waals surface area contributed by atoms with Gasteiger partial charge in [0.15, 0.2) is 0 Å². The molecule has 29 heavy (non-hydrogen) atoms. The van der Waals surface area contributed by atoms with Crippen LogP contribution in [0.1, 0.15) is 24.0 Å². The third-order valence-corrected chi connectivity index (χ3v) is 6.36. The van der Waals surface area contributed by atoms with Crippen LogP contribution in [0.4, 0.5) is 10.5 Å². The molecule has 1 unspecified atom stereocenters. The van der Waals surface area contributed by atoms with E-state index >= 15 is 0 Å². The minimum absolute atomic E-state index is 0.0536. The standard InChI is InChI=1S/C23H28N4O2/c1-26-16-23(18-9-5-6-10-20(18)26)11-13-27(14-12-23)21(28)19(25-22(24)29)15-17-7-3-2-4-8-17/h2-10,19H,11-16H2,1H3,(H3,24,25,29). The van der Waals surface area contributed by atoms with E-state index in [2.05, 4.69) is 41.5 Å². The van der Waals surface area contributed by atoms with Gasteiger partial charge in [-0.3, -0.25) is 4.79 Å². The van der Waals surface area contributed by atoms with Gasteiger partial charge in [-0.1, -0.05) is 48.5 Å². The zero-order chi connectivity index (χ0) is 20.4. The first-order valence-electron chi connectivity index (χ1n) is 10.2. The molecule has 2 aromatic carbocycles. The van der Waals surface area contributed by atoms with E-state index in [0.717, 1.165) is 24.9 Å². The van der Waals surface area contributed by atoms with E-state index in [1.165, 1.54) is 11.3 Å². The molecule has 1 atom stereocenters. The Morgan fingerprint density at radius 1 is 1.07 bits per heavy atom. The van der Waals surface area contributed by atoms with Gasteiger partial charge in [0.1, 0.15) is 6.04 Å². The van der Waals surface area contributed by atoms with E-state index in [1.54, 1.807) is 0 Å². The Morgan fingerprint density at radius 3 is 2.41 bits per heavy atom. The van der Waals surface area contributed by atoms with Crippen LogP contribution in [-0.2, 0) is 16.6 Å². The summed E-state index contributed by atoms with van der Waals surface area (Å²) >= 11 is 0. The Hall–Kier alpha value is -3.02. The second-order valence-corrected chi connectivity index (χ2v) is 8.23. The second kappa shape index (κ2) is 7.78. The Kier molecular flexibility index (Phi) is 5.18. The number of hydrogen-bond donors (Lipinski definition) is 2. The molecule has 1 fully saturated rings. The monoisotopic (exact) mass is 392 g/mol. The van der Waals surface area contributed by atoms with Gasteiger partial charge < -0.3 is 20.9 Å². The summed E-state index contributed by atoms with van der Waals surface area (Å²) in [5.41, 5.74) is 9.15. The first kappa shape index (κ1) is 19.3. The SMILES string of the molecule is CN1CC2(CCN(C(=O)C(Cc3ccccc3)NC(N)=O)CC2)c2ccccc21. The molecule has 2 aromatic rings. The summed E-state index contributed by atoms with van der Waals surface area (Å²) in [7, 11) is 2.14. The van der Waals surface area contributed by atoms with Crippen LogP contribution in [0.3, 0.4) is 0 Å². The Morgan fingerprint density at radius 2 is 1.72 bits per heavy atom. The number of amides is 3. The van der Waals surface area contributed by atoms with Gasteiger partial charge in [-0.05, 0) is 30.0 Å². The van der Waals surface area contributed by atoms with Crippen molar-refractivity contribution in [3.63, 3.8) is 0 Å². The number of carbonyl (C=O) groups excluding carboxylic acids is 2. The van der Waals surface area contributed by atoms with Gasteiger partial charge in [0, 0.05) is 44.2 Å². The normalized spacial score (nSPS) is 18.4. The largest absolute Gasteiger partial charge is 0.373 e. The molecular weight excluding hydrogens is 364 g/mol. The number of nitrogens with zero attached hydrogens (tertiary/aromatic N) is 2. The third-order valence-electron chi connectivity index (χ3n) is 6.36. The van der Waals surface area contributed by atoms with Crippen molar-refractivity contribution in [1.82, 2.24) is 10.2 Å². The lowest BCUT2D eigenvalue weighted by Gasteiger charge is -2.41. The zero-order valence-corrected chi connectivity index (χ0v) is 16.8. The molecule has 152 valence electrons. The molecule has 2 aliphatic rings. The predicted octanol–water partition coefficient (Wildman–Crippen LogP) is 2.28. The molecule has 4 rings (SSSR count). The van der Waals surface area contributed by atoms with E-state index in [9.17, 15) is 9.59 Å². The molecule has 6 nitrogen and oxygen atoms in total. The average Bonchev–Trinajstić information content (AvgIpc) is 3.00. The molecule has 2 heterocycles. The highest BCUT2D eigenvalue weighted by atomic mass is 16.2. The number of para-hydroxylation sites is 1. The van der Waals surface area contributed by atoms with Crippen molar-refractivity contribution in [3.8, 4) is 0 Å². The van der Waals surface area contributed by atoms with E-state index in [-0.39, 0.29) is 11.3 Å². The van der Waals surface area contributed by atoms with E-state index in [4.69, 9.17) is 5.73 Å². The van der Waals surface area contributed by atoms with E-state index < -0.39 is 12.1 Å². The van der Waals surface area contributed by atoms with Crippen LogP contribution in [0.2, 0.25) is 0 Å². The first-order valence-corrected chi connectivity index (χ1v) is 10.2. The average molecular weight is 393 g/mol. The van der Waals surface area contributed by atoms with Crippen molar-refractivity contribution in [2.45, 2.75) is 30.7 Å². The summed E-state index contributed by atoms with van der Waals surface area (Å²) in [6.45, 7) is 2.36. The van der Waals surface area contributed by atoms with Gasteiger partial charge in [0.2, 0.25) is 5.91 Å². The van der Waals surface area contributed by atoms with Crippen LogP contribution in [0.15, 0.2) is 54.6 Å². The number of likely N-dealkylation sites (N-methyl/N-ethyl adjacent to an activating group) is 1. The maximum atomic E-state index is 13.2. The van der Waals surface area contributed by atoms with Crippen LogP contribution in [0.5, 0.6) is 0 Å². The fraction of sp³-hybridized carbons (Fsp3) is 0.391. The molecule has 0 bridgehead atoms. The number of hydrogen-bond acceptors (Lipinski definition) is 3. The van der Waals surface area contributed by atoms with Crippen molar-refractivity contribution < 1.29 is 9.59 Å². The summed E-state index contributed by atoms with van der Waals surface area (Å²) in [6.07, 6.45) is 2.29. The molecule has 0 saturated carbocycles. The second-order valence-electron chi connectivity index (χ2n) is 8.23. The highest BCUT2D eigenvalue weighted by Crippen LogP contribution is 2.46. The van der Waals surface area contributed by atoms with Crippen molar-refractivity contribution >= 4 is 17.6 Å². The molecule has 1 saturated heterocycles. The van der Waals surface area contributed by atoms with Gasteiger partial charge in [-0.2, -0.15) is 0 Å².